The standard InChI is InChI=1S/C14H26N4/c1-6-9-15-12-11(4)13(17-10-16-12)18-14(5,7-2)8-3/h10H,6-9H2,1-5H3,(H2,15,16,17,18). The van der Waals surface area contributed by atoms with Crippen LogP contribution in [0.3, 0.4) is 0 Å². The van der Waals surface area contributed by atoms with Gasteiger partial charge >= 0.3 is 0 Å². The van der Waals surface area contributed by atoms with E-state index in [1.165, 1.54) is 0 Å². The highest BCUT2D eigenvalue weighted by atomic mass is 15.1. The maximum atomic E-state index is 4.37. The molecule has 1 aromatic rings. The Kier molecular flexibility index (Phi) is 5.38. The van der Waals surface area contributed by atoms with Crippen molar-refractivity contribution in [2.75, 3.05) is 17.2 Å². The van der Waals surface area contributed by atoms with E-state index in [-0.39, 0.29) is 5.54 Å². The van der Waals surface area contributed by atoms with Crippen LogP contribution in [0.2, 0.25) is 0 Å². The van der Waals surface area contributed by atoms with Crippen LogP contribution in [0.25, 0.3) is 0 Å². The van der Waals surface area contributed by atoms with Crippen molar-refractivity contribution < 1.29 is 0 Å². The summed E-state index contributed by atoms with van der Waals surface area (Å²) in [6.07, 6.45) is 4.86. The van der Waals surface area contributed by atoms with Gasteiger partial charge < -0.3 is 10.6 Å². The quantitative estimate of drug-likeness (QED) is 0.776. The second-order valence-corrected chi connectivity index (χ2v) is 5.02. The number of hydrogen-bond donors (Lipinski definition) is 2. The average molecular weight is 250 g/mol. The zero-order valence-corrected chi connectivity index (χ0v) is 12.3. The molecule has 4 nitrogen and oxygen atoms in total. The van der Waals surface area contributed by atoms with Crippen LogP contribution < -0.4 is 10.6 Å². The molecule has 0 atom stereocenters. The topological polar surface area (TPSA) is 49.8 Å². The summed E-state index contributed by atoms with van der Waals surface area (Å²) in [5, 5.41) is 6.88. The van der Waals surface area contributed by atoms with Crippen molar-refractivity contribution in [2.24, 2.45) is 0 Å². The first kappa shape index (κ1) is 14.7. The molecule has 2 N–H and O–H groups in total. The molecule has 1 heterocycles. The number of aromatic nitrogens is 2. The van der Waals surface area contributed by atoms with Gasteiger partial charge in [-0.25, -0.2) is 9.97 Å². The molecule has 0 unspecified atom stereocenters. The van der Waals surface area contributed by atoms with Crippen LogP contribution in [-0.4, -0.2) is 22.1 Å². The molecule has 102 valence electrons. The average Bonchev–Trinajstić information content (AvgIpc) is 2.39. The smallest absolute Gasteiger partial charge is 0.134 e. The third-order valence-electron chi connectivity index (χ3n) is 3.61. The highest BCUT2D eigenvalue weighted by Crippen LogP contribution is 2.25. The van der Waals surface area contributed by atoms with Gasteiger partial charge in [-0.1, -0.05) is 20.8 Å². The molecular formula is C14H26N4. The summed E-state index contributed by atoms with van der Waals surface area (Å²) < 4.78 is 0. The van der Waals surface area contributed by atoms with Crippen LogP contribution in [0.4, 0.5) is 11.6 Å². The van der Waals surface area contributed by atoms with Gasteiger partial charge in [-0.05, 0) is 33.1 Å². The van der Waals surface area contributed by atoms with Crippen LogP contribution in [0.15, 0.2) is 6.33 Å². The number of nitrogens with one attached hydrogen (secondary N) is 2. The predicted molar refractivity (Wildman–Crippen MR) is 78.2 cm³/mol. The van der Waals surface area contributed by atoms with Crippen LogP contribution in [-0.2, 0) is 0 Å². The highest BCUT2D eigenvalue weighted by Gasteiger charge is 2.21. The lowest BCUT2D eigenvalue weighted by Gasteiger charge is -2.29. The Bertz CT molecular complexity index is 372. The van der Waals surface area contributed by atoms with Gasteiger partial charge in [0.05, 0.1) is 0 Å². The van der Waals surface area contributed by atoms with Crippen LogP contribution >= 0.6 is 0 Å². The fraction of sp³-hybridized carbons (Fsp3) is 0.714. The minimum atomic E-state index is 0.0984. The second kappa shape index (κ2) is 6.57. The number of rotatable bonds is 7. The van der Waals surface area contributed by atoms with Gasteiger partial charge in [0.1, 0.15) is 18.0 Å². The number of anilines is 2. The van der Waals surface area contributed by atoms with E-state index in [1.54, 1.807) is 6.33 Å². The van der Waals surface area contributed by atoms with Gasteiger partial charge in [0.2, 0.25) is 0 Å². The fourth-order valence-corrected chi connectivity index (χ4v) is 1.71. The zero-order valence-electron chi connectivity index (χ0n) is 12.3. The summed E-state index contributed by atoms with van der Waals surface area (Å²) >= 11 is 0. The fourth-order valence-electron chi connectivity index (χ4n) is 1.71. The molecule has 0 aliphatic carbocycles. The molecule has 0 bridgehead atoms. The van der Waals surface area contributed by atoms with Crippen LogP contribution in [0, 0.1) is 6.92 Å². The first-order valence-electron chi connectivity index (χ1n) is 6.90. The molecule has 0 fully saturated rings. The Morgan fingerprint density at radius 2 is 1.72 bits per heavy atom. The van der Waals surface area contributed by atoms with Crippen molar-refractivity contribution in [3.8, 4) is 0 Å². The molecule has 1 aromatic heterocycles. The van der Waals surface area contributed by atoms with Gasteiger partial charge in [0.15, 0.2) is 0 Å². The van der Waals surface area contributed by atoms with Gasteiger partial charge in [-0.15, -0.1) is 0 Å². The molecule has 18 heavy (non-hydrogen) atoms. The van der Waals surface area contributed by atoms with E-state index in [2.05, 4.69) is 55.2 Å². The van der Waals surface area contributed by atoms with Crippen molar-refractivity contribution in [1.82, 2.24) is 9.97 Å². The summed E-state index contributed by atoms with van der Waals surface area (Å²) in [4.78, 5) is 8.66. The minimum absolute atomic E-state index is 0.0984. The Labute approximate surface area is 111 Å². The SMILES string of the molecule is CCCNc1ncnc(NC(C)(CC)CC)c1C. The van der Waals surface area contributed by atoms with Gasteiger partial charge in [-0.2, -0.15) is 0 Å². The lowest BCUT2D eigenvalue weighted by molar-refractivity contribution is 0.476. The van der Waals surface area contributed by atoms with E-state index in [9.17, 15) is 0 Å². The van der Waals surface area contributed by atoms with Gasteiger partial charge in [-0.3, -0.25) is 0 Å². The minimum Gasteiger partial charge on any atom is -0.370 e. The molecule has 0 saturated carbocycles. The maximum absolute atomic E-state index is 4.37. The van der Waals surface area contributed by atoms with Crippen molar-refractivity contribution in [1.29, 1.82) is 0 Å². The second-order valence-electron chi connectivity index (χ2n) is 5.02. The van der Waals surface area contributed by atoms with Crippen molar-refractivity contribution in [3.63, 3.8) is 0 Å². The lowest BCUT2D eigenvalue weighted by Crippen LogP contribution is -2.33. The number of hydrogen-bond acceptors (Lipinski definition) is 4. The van der Waals surface area contributed by atoms with E-state index in [4.69, 9.17) is 0 Å². The summed E-state index contributed by atoms with van der Waals surface area (Å²) in [7, 11) is 0. The summed E-state index contributed by atoms with van der Waals surface area (Å²) in [6, 6.07) is 0. The maximum Gasteiger partial charge on any atom is 0.134 e. The van der Waals surface area contributed by atoms with Crippen molar-refractivity contribution >= 4 is 11.6 Å². The molecule has 1 rings (SSSR count). The highest BCUT2D eigenvalue weighted by molar-refractivity contribution is 5.57. The van der Waals surface area contributed by atoms with E-state index < -0.39 is 0 Å². The third kappa shape index (κ3) is 3.59. The number of nitrogens with zero attached hydrogens (tertiary/aromatic N) is 2. The lowest BCUT2D eigenvalue weighted by atomic mass is 9.95. The van der Waals surface area contributed by atoms with E-state index in [0.717, 1.165) is 43.0 Å². The monoisotopic (exact) mass is 250 g/mol. The van der Waals surface area contributed by atoms with E-state index >= 15 is 0 Å². The van der Waals surface area contributed by atoms with Gasteiger partial charge in [0, 0.05) is 17.6 Å². The molecule has 4 heteroatoms. The van der Waals surface area contributed by atoms with Gasteiger partial charge in [0.25, 0.3) is 0 Å². The van der Waals surface area contributed by atoms with E-state index in [0.29, 0.717) is 0 Å². The van der Waals surface area contributed by atoms with E-state index in [1.807, 2.05) is 0 Å². The Morgan fingerprint density at radius 1 is 1.11 bits per heavy atom. The first-order valence-corrected chi connectivity index (χ1v) is 6.90. The van der Waals surface area contributed by atoms with Crippen molar-refractivity contribution in [3.05, 3.63) is 11.9 Å². The summed E-state index contributed by atoms with van der Waals surface area (Å²) in [5.41, 5.74) is 1.19. The third-order valence-corrected chi connectivity index (χ3v) is 3.61. The molecule has 0 aliphatic heterocycles. The predicted octanol–water partition coefficient (Wildman–Crippen LogP) is 3.60. The zero-order chi connectivity index (χ0) is 13.6. The van der Waals surface area contributed by atoms with Crippen molar-refractivity contribution in [2.45, 2.75) is 59.4 Å². The Hall–Kier alpha value is -1.32. The normalized spacial score (nSPS) is 11.4. The summed E-state index contributed by atoms with van der Waals surface area (Å²) in [6.45, 7) is 11.8. The van der Waals surface area contributed by atoms with Crippen LogP contribution in [0.1, 0.15) is 52.5 Å². The molecule has 0 spiro atoms. The Morgan fingerprint density at radius 3 is 2.28 bits per heavy atom. The molecule has 0 saturated heterocycles. The largest absolute Gasteiger partial charge is 0.370 e. The molecule has 0 aromatic carbocycles. The summed E-state index contributed by atoms with van der Waals surface area (Å²) in [5.74, 6) is 1.87. The first-order chi connectivity index (χ1) is 8.56. The molecule has 0 aliphatic rings. The molecule has 0 radical (unpaired) electrons. The Balaban J connectivity index is 2.89. The van der Waals surface area contributed by atoms with Crippen LogP contribution in [0.5, 0.6) is 0 Å². The molecule has 0 amide bonds. The molecular weight excluding hydrogens is 224 g/mol.